The topological polar surface area (TPSA) is 179 Å². The molecule has 0 atom stereocenters. The van der Waals surface area contributed by atoms with Gasteiger partial charge in [-0.3, -0.25) is 34.9 Å². The van der Waals surface area contributed by atoms with E-state index in [1.54, 1.807) is 24.3 Å². The van der Waals surface area contributed by atoms with Gasteiger partial charge in [0.15, 0.2) is 4.90 Å². The van der Waals surface area contributed by atoms with E-state index in [0.29, 0.717) is 12.4 Å². The van der Waals surface area contributed by atoms with Crippen LogP contribution < -0.4 is 31.6 Å². The molecule has 2 aromatic carbocycles. The number of H-pyrrole nitrogens is 2. The molecule has 0 saturated heterocycles. The Labute approximate surface area is 193 Å². The number of aromatic nitrogens is 2. The number of carbonyl (C=O) groups is 2. The van der Waals surface area contributed by atoms with Crippen LogP contribution in [0, 0.1) is 0 Å². The zero-order valence-electron chi connectivity index (χ0n) is 17.9. The Bertz CT molecular complexity index is 1410. The van der Waals surface area contributed by atoms with E-state index in [4.69, 9.17) is 4.74 Å². The Kier molecular flexibility index (Phi) is 7.48. The molecule has 1 heterocycles. The lowest BCUT2D eigenvalue weighted by Crippen LogP contribution is -2.41. The molecule has 0 spiro atoms. The van der Waals surface area contributed by atoms with Gasteiger partial charge in [-0.25, -0.2) is 13.2 Å². The number of hydrogen-bond donors (Lipinski definition) is 5. The number of ether oxygens (including phenoxy) is 1. The number of nitrogens with one attached hydrogen (secondary N) is 5. The highest BCUT2D eigenvalue weighted by Gasteiger charge is 2.19. The van der Waals surface area contributed by atoms with Crippen LogP contribution in [-0.2, 0) is 10.0 Å². The molecule has 0 unspecified atom stereocenters. The first-order valence-electron chi connectivity index (χ1n) is 9.98. The standard InChI is InChI=1S/C21H21N5O7S/c1-2-10-33-16-8-6-13(7-9-16)18(27)24-25-19(28)14-4-3-5-15(11-14)26-34(31,32)17-12-22-21(30)23-20(17)29/h3-9,11-12,26H,2,10H2,1H3,(H,24,27)(H,25,28)(H2,22,23,29,30). The number of rotatable bonds is 8. The van der Waals surface area contributed by atoms with Crippen LogP contribution in [0.15, 0.2) is 69.2 Å². The van der Waals surface area contributed by atoms with Crippen molar-refractivity contribution in [2.24, 2.45) is 0 Å². The summed E-state index contributed by atoms with van der Waals surface area (Å²) in [6.45, 7) is 2.53. The highest BCUT2D eigenvalue weighted by molar-refractivity contribution is 7.92. The Morgan fingerprint density at radius 2 is 1.65 bits per heavy atom. The Morgan fingerprint density at radius 3 is 2.29 bits per heavy atom. The monoisotopic (exact) mass is 487 g/mol. The summed E-state index contributed by atoms with van der Waals surface area (Å²) in [5.74, 6) is -0.658. The molecule has 12 nitrogen and oxygen atoms in total. The minimum Gasteiger partial charge on any atom is -0.494 e. The molecule has 178 valence electrons. The first-order chi connectivity index (χ1) is 16.2. The lowest BCUT2D eigenvalue weighted by molar-refractivity contribution is 0.0846. The van der Waals surface area contributed by atoms with E-state index < -0.39 is 38.0 Å². The van der Waals surface area contributed by atoms with Gasteiger partial charge in [0.05, 0.1) is 6.61 Å². The fraction of sp³-hybridized carbons (Fsp3) is 0.143. The highest BCUT2D eigenvalue weighted by atomic mass is 32.2. The van der Waals surface area contributed by atoms with Crippen LogP contribution in [0.3, 0.4) is 0 Å². The lowest BCUT2D eigenvalue weighted by Gasteiger charge is -2.10. The van der Waals surface area contributed by atoms with Crippen molar-refractivity contribution in [2.45, 2.75) is 18.2 Å². The number of amides is 2. The Hall–Kier alpha value is -4.39. The molecule has 0 aliphatic rings. The van der Waals surface area contributed by atoms with E-state index in [-0.39, 0.29) is 16.8 Å². The first-order valence-corrected chi connectivity index (χ1v) is 11.5. The molecular weight excluding hydrogens is 466 g/mol. The van der Waals surface area contributed by atoms with Crippen molar-refractivity contribution >= 4 is 27.5 Å². The molecule has 0 bridgehead atoms. The number of hydrazine groups is 1. The largest absolute Gasteiger partial charge is 0.494 e. The van der Waals surface area contributed by atoms with Crippen LogP contribution in [0.5, 0.6) is 5.75 Å². The molecule has 0 saturated carbocycles. The maximum Gasteiger partial charge on any atom is 0.325 e. The molecular formula is C21H21N5O7S. The molecule has 1 aromatic heterocycles. The van der Waals surface area contributed by atoms with Gasteiger partial charge in [-0.15, -0.1) is 0 Å². The number of carbonyl (C=O) groups excluding carboxylic acids is 2. The molecule has 0 fully saturated rings. The van der Waals surface area contributed by atoms with Crippen LogP contribution in [0.25, 0.3) is 0 Å². The third-order valence-corrected chi connectivity index (χ3v) is 5.72. The van der Waals surface area contributed by atoms with Crippen molar-refractivity contribution in [1.82, 2.24) is 20.8 Å². The summed E-state index contributed by atoms with van der Waals surface area (Å²) in [4.78, 5) is 50.7. The van der Waals surface area contributed by atoms with Gasteiger partial charge < -0.3 is 9.72 Å². The Morgan fingerprint density at radius 1 is 0.971 bits per heavy atom. The molecule has 0 radical (unpaired) electrons. The molecule has 2 amide bonds. The van der Waals surface area contributed by atoms with E-state index in [0.717, 1.165) is 12.6 Å². The van der Waals surface area contributed by atoms with Crippen molar-refractivity contribution < 1.29 is 22.7 Å². The summed E-state index contributed by atoms with van der Waals surface area (Å²) in [6.07, 6.45) is 1.61. The predicted molar refractivity (Wildman–Crippen MR) is 122 cm³/mol. The van der Waals surface area contributed by atoms with Gasteiger partial charge in [-0.05, 0) is 48.9 Å². The number of aromatic amines is 2. The lowest BCUT2D eigenvalue weighted by atomic mass is 10.2. The summed E-state index contributed by atoms with van der Waals surface area (Å²) in [5.41, 5.74) is 2.85. The van der Waals surface area contributed by atoms with E-state index in [1.807, 2.05) is 11.9 Å². The van der Waals surface area contributed by atoms with Crippen LogP contribution >= 0.6 is 0 Å². The molecule has 3 aromatic rings. The molecule has 5 N–H and O–H groups in total. The quantitative estimate of drug-likeness (QED) is 0.290. The Balaban J connectivity index is 1.64. The van der Waals surface area contributed by atoms with Gasteiger partial charge in [-0.1, -0.05) is 13.0 Å². The van der Waals surface area contributed by atoms with Gasteiger partial charge in [-0.2, -0.15) is 0 Å². The molecule has 34 heavy (non-hydrogen) atoms. The van der Waals surface area contributed by atoms with Crippen LogP contribution in [-0.4, -0.2) is 36.8 Å². The zero-order chi connectivity index (χ0) is 24.7. The number of hydrogen-bond acceptors (Lipinski definition) is 7. The van der Waals surface area contributed by atoms with Crippen molar-refractivity contribution in [2.75, 3.05) is 11.3 Å². The fourth-order valence-electron chi connectivity index (χ4n) is 2.71. The number of benzene rings is 2. The van der Waals surface area contributed by atoms with Gasteiger partial charge in [0, 0.05) is 23.0 Å². The summed E-state index contributed by atoms with van der Waals surface area (Å²) < 4.78 is 32.5. The normalized spacial score (nSPS) is 10.9. The second-order valence-electron chi connectivity index (χ2n) is 6.90. The van der Waals surface area contributed by atoms with Crippen LogP contribution in [0.1, 0.15) is 34.1 Å². The second-order valence-corrected chi connectivity index (χ2v) is 8.55. The van der Waals surface area contributed by atoms with E-state index in [1.165, 1.54) is 24.3 Å². The van der Waals surface area contributed by atoms with Gasteiger partial charge in [0.1, 0.15) is 5.75 Å². The highest BCUT2D eigenvalue weighted by Crippen LogP contribution is 2.15. The average Bonchev–Trinajstić information content (AvgIpc) is 2.81. The molecule has 0 aliphatic carbocycles. The summed E-state index contributed by atoms with van der Waals surface area (Å²) in [5, 5.41) is 0. The third kappa shape index (κ3) is 6.10. The smallest absolute Gasteiger partial charge is 0.325 e. The van der Waals surface area contributed by atoms with Crippen molar-refractivity contribution in [3.05, 3.63) is 86.7 Å². The maximum atomic E-state index is 12.4. The van der Waals surface area contributed by atoms with Crippen molar-refractivity contribution in [1.29, 1.82) is 0 Å². The van der Waals surface area contributed by atoms with Crippen LogP contribution in [0.4, 0.5) is 5.69 Å². The van der Waals surface area contributed by atoms with Gasteiger partial charge >= 0.3 is 5.69 Å². The first kappa shape index (κ1) is 24.3. The number of anilines is 1. The van der Waals surface area contributed by atoms with Crippen molar-refractivity contribution in [3.8, 4) is 5.75 Å². The second kappa shape index (κ2) is 10.5. The maximum absolute atomic E-state index is 12.4. The summed E-state index contributed by atoms with van der Waals surface area (Å²) >= 11 is 0. The average molecular weight is 487 g/mol. The molecule has 13 heteroatoms. The minimum atomic E-state index is -4.35. The van der Waals surface area contributed by atoms with Crippen LogP contribution in [0.2, 0.25) is 0 Å². The fourth-order valence-corrected chi connectivity index (χ4v) is 3.77. The van der Waals surface area contributed by atoms with Gasteiger partial charge in [0.2, 0.25) is 0 Å². The van der Waals surface area contributed by atoms with Gasteiger partial charge in [0.25, 0.3) is 27.4 Å². The van der Waals surface area contributed by atoms with E-state index >= 15 is 0 Å². The minimum absolute atomic E-state index is 0.0211. The molecule has 3 rings (SSSR count). The third-order valence-electron chi connectivity index (χ3n) is 4.33. The van der Waals surface area contributed by atoms with Crippen molar-refractivity contribution in [3.63, 3.8) is 0 Å². The summed E-state index contributed by atoms with van der Waals surface area (Å²) in [7, 11) is -4.35. The summed E-state index contributed by atoms with van der Waals surface area (Å²) in [6, 6.07) is 11.7. The SMILES string of the molecule is CCCOc1ccc(C(=O)NNC(=O)c2cccc(NS(=O)(=O)c3c[nH]c(=O)[nH]c3=O)c2)cc1. The number of sulfonamides is 1. The zero-order valence-corrected chi connectivity index (χ0v) is 18.7. The van der Waals surface area contributed by atoms with E-state index in [9.17, 15) is 27.6 Å². The molecule has 0 aliphatic heterocycles. The van der Waals surface area contributed by atoms with E-state index in [2.05, 4.69) is 20.6 Å². The predicted octanol–water partition coefficient (Wildman–Crippen LogP) is 0.728.